The molecule has 14 heavy (non-hydrogen) atoms. The molecule has 2 rings (SSSR count). The maximum atomic E-state index is 6.22. The molecule has 1 unspecified atom stereocenters. The minimum atomic E-state index is 0.206. The van der Waals surface area contributed by atoms with Crippen molar-refractivity contribution in [1.82, 2.24) is 4.90 Å². The van der Waals surface area contributed by atoms with Gasteiger partial charge in [-0.15, -0.1) is 0 Å². The van der Waals surface area contributed by atoms with Gasteiger partial charge in [0.1, 0.15) is 0 Å². The Labute approximate surface area is 87.8 Å². The summed E-state index contributed by atoms with van der Waals surface area (Å²) in [5.74, 6) is 0.982. The van der Waals surface area contributed by atoms with E-state index in [1.165, 1.54) is 45.1 Å². The van der Waals surface area contributed by atoms with E-state index in [9.17, 15) is 0 Å². The van der Waals surface area contributed by atoms with E-state index < -0.39 is 0 Å². The third kappa shape index (κ3) is 2.29. The normalized spacial score (nSPS) is 27.4. The van der Waals surface area contributed by atoms with Crippen molar-refractivity contribution >= 4 is 0 Å². The molecule has 2 heteroatoms. The highest BCUT2D eigenvalue weighted by Crippen LogP contribution is 2.36. The van der Waals surface area contributed by atoms with Gasteiger partial charge in [-0.1, -0.05) is 0 Å². The van der Waals surface area contributed by atoms with Gasteiger partial charge in [-0.3, -0.25) is 0 Å². The van der Waals surface area contributed by atoms with E-state index in [4.69, 9.17) is 5.73 Å². The van der Waals surface area contributed by atoms with Crippen LogP contribution in [0.3, 0.4) is 0 Å². The minimum Gasteiger partial charge on any atom is -0.325 e. The average molecular weight is 196 g/mol. The molecule has 0 heterocycles. The van der Waals surface area contributed by atoms with Gasteiger partial charge in [-0.05, 0) is 65.0 Å². The molecule has 0 bridgehead atoms. The Kier molecular flexibility index (Phi) is 2.85. The molecular weight excluding hydrogens is 172 g/mol. The fraction of sp³-hybridized carbons (Fsp3) is 1.00. The lowest BCUT2D eigenvalue weighted by Crippen LogP contribution is -2.49. The van der Waals surface area contributed by atoms with E-state index in [2.05, 4.69) is 18.9 Å². The van der Waals surface area contributed by atoms with Gasteiger partial charge in [-0.2, -0.15) is 0 Å². The molecule has 1 atom stereocenters. The third-order valence-corrected chi connectivity index (χ3v) is 4.31. The van der Waals surface area contributed by atoms with E-state index in [-0.39, 0.29) is 5.54 Å². The fourth-order valence-corrected chi connectivity index (χ4v) is 2.42. The molecule has 2 fully saturated rings. The Balaban J connectivity index is 1.68. The maximum Gasteiger partial charge on any atom is 0.0166 e. The molecule has 2 nitrogen and oxygen atoms in total. The predicted octanol–water partition coefficient (Wildman–Crippen LogP) is 1.99. The summed E-state index contributed by atoms with van der Waals surface area (Å²) in [5, 5.41) is 0. The molecule has 0 aromatic carbocycles. The topological polar surface area (TPSA) is 29.3 Å². The van der Waals surface area contributed by atoms with Crippen LogP contribution in [0.25, 0.3) is 0 Å². The lowest BCUT2D eigenvalue weighted by atomic mass is 9.75. The van der Waals surface area contributed by atoms with Crippen molar-refractivity contribution in [1.29, 1.82) is 0 Å². The molecule has 2 aliphatic rings. The molecule has 0 aliphatic heterocycles. The maximum absolute atomic E-state index is 6.22. The van der Waals surface area contributed by atoms with Gasteiger partial charge in [0.05, 0.1) is 0 Å². The van der Waals surface area contributed by atoms with Crippen molar-refractivity contribution < 1.29 is 0 Å². The molecule has 2 N–H and O–H groups in total. The molecule has 0 aromatic rings. The quantitative estimate of drug-likeness (QED) is 0.728. The zero-order valence-electron chi connectivity index (χ0n) is 9.63. The van der Waals surface area contributed by atoms with Crippen LogP contribution in [0.2, 0.25) is 0 Å². The number of hydrogen-bond acceptors (Lipinski definition) is 2. The molecule has 2 saturated carbocycles. The molecule has 82 valence electrons. The minimum absolute atomic E-state index is 0.206. The van der Waals surface area contributed by atoms with Crippen molar-refractivity contribution in [3.8, 4) is 0 Å². The summed E-state index contributed by atoms with van der Waals surface area (Å²) in [6.07, 6.45) is 7.93. The zero-order valence-corrected chi connectivity index (χ0v) is 9.63. The van der Waals surface area contributed by atoms with Crippen LogP contribution in [0, 0.1) is 5.92 Å². The second kappa shape index (κ2) is 3.82. The SMILES string of the molecule is CC(C1CC1)N(C)CCC1(N)CCC1. The third-order valence-electron chi connectivity index (χ3n) is 4.31. The van der Waals surface area contributed by atoms with E-state index >= 15 is 0 Å². The summed E-state index contributed by atoms with van der Waals surface area (Å²) >= 11 is 0. The summed E-state index contributed by atoms with van der Waals surface area (Å²) in [6.45, 7) is 3.55. The van der Waals surface area contributed by atoms with Crippen LogP contribution in [-0.4, -0.2) is 30.1 Å². The second-order valence-corrected chi connectivity index (χ2v) is 5.52. The summed E-state index contributed by atoms with van der Waals surface area (Å²) in [5.41, 5.74) is 6.42. The van der Waals surface area contributed by atoms with Gasteiger partial charge in [0, 0.05) is 11.6 Å². The number of rotatable bonds is 5. The Morgan fingerprint density at radius 1 is 1.43 bits per heavy atom. The van der Waals surface area contributed by atoms with Crippen LogP contribution < -0.4 is 5.73 Å². The summed E-state index contributed by atoms with van der Waals surface area (Å²) in [6, 6.07) is 0.777. The van der Waals surface area contributed by atoms with Gasteiger partial charge in [0.25, 0.3) is 0 Å². The van der Waals surface area contributed by atoms with Gasteiger partial charge >= 0.3 is 0 Å². The van der Waals surface area contributed by atoms with E-state index in [0.29, 0.717) is 0 Å². The highest BCUT2D eigenvalue weighted by atomic mass is 15.1. The lowest BCUT2D eigenvalue weighted by molar-refractivity contribution is 0.167. The Bertz CT molecular complexity index is 194. The molecule has 0 spiro atoms. The zero-order chi connectivity index (χ0) is 10.2. The van der Waals surface area contributed by atoms with Crippen molar-refractivity contribution in [3.63, 3.8) is 0 Å². The van der Waals surface area contributed by atoms with Crippen molar-refractivity contribution in [3.05, 3.63) is 0 Å². The summed E-state index contributed by atoms with van der Waals surface area (Å²) < 4.78 is 0. The highest BCUT2D eigenvalue weighted by Gasteiger charge is 2.34. The van der Waals surface area contributed by atoms with Crippen molar-refractivity contribution in [2.75, 3.05) is 13.6 Å². The number of nitrogens with zero attached hydrogens (tertiary/aromatic N) is 1. The highest BCUT2D eigenvalue weighted by molar-refractivity contribution is 4.93. The van der Waals surface area contributed by atoms with E-state index in [0.717, 1.165) is 12.0 Å². The van der Waals surface area contributed by atoms with Crippen molar-refractivity contribution in [2.45, 2.75) is 57.0 Å². The summed E-state index contributed by atoms with van der Waals surface area (Å²) in [4.78, 5) is 2.50. The lowest BCUT2D eigenvalue weighted by Gasteiger charge is -2.40. The van der Waals surface area contributed by atoms with Crippen LogP contribution in [0.4, 0.5) is 0 Å². The van der Waals surface area contributed by atoms with Crippen LogP contribution in [0.15, 0.2) is 0 Å². The van der Waals surface area contributed by atoms with Gasteiger partial charge in [-0.25, -0.2) is 0 Å². The fourth-order valence-electron chi connectivity index (χ4n) is 2.42. The first-order valence-electron chi connectivity index (χ1n) is 6.10. The first-order chi connectivity index (χ1) is 6.61. The molecule has 2 aliphatic carbocycles. The van der Waals surface area contributed by atoms with Crippen LogP contribution >= 0.6 is 0 Å². The Morgan fingerprint density at radius 3 is 2.50 bits per heavy atom. The van der Waals surface area contributed by atoms with Crippen LogP contribution in [-0.2, 0) is 0 Å². The first-order valence-corrected chi connectivity index (χ1v) is 6.10. The van der Waals surface area contributed by atoms with E-state index in [1.807, 2.05) is 0 Å². The summed E-state index contributed by atoms with van der Waals surface area (Å²) in [7, 11) is 2.25. The predicted molar refractivity (Wildman–Crippen MR) is 60.2 cm³/mol. The molecule has 0 amide bonds. The van der Waals surface area contributed by atoms with Crippen LogP contribution in [0.5, 0.6) is 0 Å². The van der Waals surface area contributed by atoms with Gasteiger partial charge < -0.3 is 10.6 Å². The molecule has 0 radical (unpaired) electrons. The Morgan fingerprint density at radius 2 is 2.07 bits per heavy atom. The smallest absolute Gasteiger partial charge is 0.0166 e. The monoisotopic (exact) mass is 196 g/mol. The molecule has 0 aromatic heterocycles. The van der Waals surface area contributed by atoms with Crippen molar-refractivity contribution in [2.24, 2.45) is 11.7 Å². The van der Waals surface area contributed by atoms with Crippen LogP contribution in [0.1, 0.15) is 45.4 Å². The Hall–Kier alpha value is -0.0800. The second-order valence-electron chi connectivity index (χ2n) is 5.52. The molecule has 0 saturated heterocycles. The van der Waals surface area contributed by atoms with Gasteiger partial charge in [0.2, 0.25) is 0 Å². The number of hydrogen-bond donors (Lipinski definition) is 1. The van der Waals surface area contributed by atoms with Gasteiger partial charge in [0.15, 0.2) is 0 Å². The number of nitrogens with two attached hydrogens (primary N) is 1. The average Bonchev–Trinajstić information content (AvgIpc) is 2.92. The molecular formula is C12H24N2. The first kappa shape index (κ1) is 10.4. The van der Waals surface area contributed by atoms with E-state index in [1.54, 1.807) is 0 Å². The standard InChI is InChI=1S/C12H24N2/c1-10(11-4-5-11)14(2)9-8-12(13)6-3-7-12/h10-11H,3-9,13H2,1-2H3. The largest absolute Gasteiger partial charge is 0.325 e.